The molecule has 122 valence electrons. The summed E-state index contributed by atoms with van der Waals surface area (Å²) in [5.41, 5.74) is -0.478. The Morgan fingerprint density at radius 2 is 2.05 bits per heavy atom. The SMILES string of the molecule is CCN(C[C@@H]1CCCN(C(=O)OC(C)(C)C)C1)C(=O)CCl. The fourth-order valence-electron chi connectivity index (χ4n) is 2.51. The van der Waals surface area contributed by atoms with Crippen LogP contribution in [0.15, 0.2) is 0 Å². The first kappa shape index (κ1) is 18.1. The van der Waals surface area contributed by atoms with Crippen molar-refractivity contribution < 1.29 is 14.3 Å². The molecule has 0 aromatic heterocycles. The number of hydrogen-bond acceptors (Lipinski definition) is 3. The Morgan fingerprint density at radius 1 is 1.38 bits per heavy atom. The molecule has 0 aromatic rings. The lowest BCUT2D eigenvalue weighted by Crippen LogP contribution is -2.46. The second-order valence-corrected chi connectivity index (χ2v) is 6.77. The zero-order chi connectivity index (χ0) is 16.0. The Labute approximate surface area is 132 Å². The minimum absolute atomic E-state index is 0.0103. The van der Waals surface area contributed by atoms with E-state index in [1.807, 2.05) is 27.7 Å². The summed E-state index contributed by atoms with van der Waals surface area (Å²) in [5, 5.41) is 0. The molecule has 0 saturated carbocycles. The molecule has 0 N–H and O–H groups in total. The summed E-state index contributed by atoms with van der Waals surface area (Å²) < 4.78 is 5.41. The van der Waals surface area contributed by atoms with Crippen molar-refractivity contribution in [2.24, 2.45) is 5.92 Å². The van der Waals surface area contributed by atoms with Crippen LogP contribution in [0, 0.1) is 5.92 Å². The van der Waals surface area contributed by atoms with Crippen LogP contribution in [0.1, 0.15) is 40.5 Å². The van der Waals surface area contributed by atoms with Crippen LogP contribution < -0.4 is 0 Å². The van der Waals surface area contributed by atoms with E-state index in [1.54, 1.807) is 9.80 Å². The maximum atomic E-state index is 12.1. The smallest absolute Gasteiger partial charge is 0.410 e. The number of rotatable bonds is 4. The normalized spacial score (nSPS) is 19.3. The number of nitrogens with zero attached hydrogens (tertiary/aromatic N) is 2. The number of carbonyl (C=O) groups excluding carboxylic acids is 2. The van der Waals surface area contributed by atoms with Crippen LogP contribution >= 0.6 is 11.6 Å². The van der Waals surface area contributed by atoms with Gasteiger partial charge in [0, 0.05) is 26.2 Å². The summed E-state index contributed by atoms with van der Waals surface area (Å²) in [6.07, 6.45) is 1.70. The maximum absolute atomic E-state index is 12.1. The van der Waals surface area contributed by atoms with Crippen molar-refractivity contribution in [3.8, 4) is 0 Å². The summed E-state index contributed by atoms with van der Waals surface area (Å²) >= 11 is 5.62. The van der Waals surface area contributed by atoms with Crippen LogP contribution in [0.4, 0.5) is 4.79 Å². The van der Waals surface area contributed by atoms with Crippen LogP contribution in [0.3, 0.4) is 0 Å². The molecule has 21 heavy (non-hydrogen) atoms. The number of alkyl halides is 1. The molecule has 0 unspecified atom stereocenters. The largest absolute Gasteiger partial charge is 0.444 e. The van der Waals surface area contributed by atoms with Gasteiger partial charge in [0.05, 0.1) is 0 Å². The lowest BCUT2D eigenvalue weighted by Gasteiger charge is -2.36. The highest BCUT2D eigenvalue weighted by Crippen LogP contribution is 2.20. The Balaban J connectivity index is 2.55. The van der Waals surface area contributed by atoms with Gasteiger partial charge in [-0.1, -0.05) is 0 Å². The average Bonchev–Trinajstić information content (AvgIpc) is 2.42. The summed E-state index contributed by atoms with van der Waals surface area (Å²) in [4.78, 5) is 27.3. The summed E-state index contributed by atoms with van der Waals surface area (Å²) in [7, 11) is 0. The number of halogens is 1. The van der Waals surface area contributed by atoms with Crippen molar-refractivity contribution in [3.05, 3.63) is 0 Å². The molecule has 5 nitrogen and oxygen atoms in total. The van der Waals surface area contributed by atoms with Gasteiger partial charge in [0.25, 0.3) is 0 Å². The molecule has 1 aliphatic heterocycles. The Kier molecular flexibility index (Phi) is 6.78. The fourth-order valence-corrected chi connectivity index (χ4v) is 2.68. The van der Waals surface area contributed by atoms with E-state index in [1.165, 1.54) is 0 Å². The van der Waals surface area contributed by atoms with Crippen LogP contribution in [0.2, 0.25) is 0 Å². The van der Waals surface area contributed by atoms with E-state index in [9.17, 15) is 9.59 Å². The number of amides is 2. The molecule has 1 heterocycles. The third-order valence-corrected chi connectivity index (χ3v) is 3.73. The minimum atomic E-state index is -0.478. The highest BCUT2D eigenvalue weighted by atomic mass is 35.5. The maximum Gasteiger partial charge on any atom is 0.410 e. The first-order valence-electron chi connectivity index (χ1n) is 7.58. The highest BCUT2D eigenvalue weighted by molar-refractivity contribution is 6.27. The van der Waals surface area contributed by atoms with Crippen molar-refractivity contribution in [3.63, 3.8) is 0 Å². The van der Waals surface area contributed by atoms with E-state index in [-0.39, 0.29) is 17.9 Å². The van der Waals surface area contributed by atoms with E-state index in [0.717, 1.165) is 19.4 Å². The highest BCUT2D eigenvalue weighted by Gasteiger charge is 2.29. The van der Waals surface area contributed by atoms with Crippen LogP contribution in [-0.2, 0) is 9.53 Å². The zero-order valence-corrected chi connectivity index (χ0v) is 14.3. The number of ether oxygens (including phenoxy) is 1. The van der Waals surface area contributed by atoms with Crippen molar-refractivity contribution in [1.82, 2.24) is 9.80 Å². The summed E-state index contributed by atoms with van der Waals surface area (Å²) in [6.45, 7) is 10.2. The van der Waals surface area contributed by atoms with Crippen LogP contribution in [0.5, 0.6) is 0 Å². The van der Waals surface area contributed by atoms with Gasteiger partial charge in [0.1, 0.15) is 11.5 Å². The standard InChI is InChI=1S/C15H27ClN2O3/c1-5-17(13(19)9-16)10-12-7-6-8-18(11-12)14(20)21-15(2,3)4/h12H,5-11H2,1-4H3/t12-/m0/s1. The molecule has 1 saturated heterocycles. The van der Waals surface area contributed by atoms with Crippen molar-refractivity contribution in [2.75, 3.05) is 32.1 Å². The van der Waals surface area contributed by atoms with Crippen LogP contribution in [0.25, 0.3) is 0 Å². The first-order chi connectivity index (χ1) is 9.76. The predicted molar refractivity (Wildman–Crippen MR) is 83.5 cm³/mol. The molecular formula is C15H27ClN2O3. The second kappa shape index (κ2) is 7.87. The molecular weight excluding hydrogens is 292 g/mol. The zero-order valence-electron chi connectivity index (χ0n) is 13.5. The first-order valence-corrected chi connectivity index (χ1v) is 8.12. The van der Waals surface area contributed by atoms with Gasteiger partial charge >= 0.3 is 6.09 Å². The Bertz CT molecular complexity index is 368. The average molecular weight is 319 g/mol. The lowest BCUT2D eigenvalue weighted by molar-refractivity contribution is -0.129. The van der Waals surface area contributed by atoms with Crippen LogP contribution in [-0.4, -0.2) is 59.5 Å². The summed E-state index contributed by atoms with van der Waals surface area (Å²) in [5.74, 6) is 0.253. The molecule has 2 amide bonds. The molecule has 1 aliphatic rings. The van der Waals surface area contributed by atoms with E-state index < -0.39 is 5.60 Å². The predicted octanol–water partition coefficient (Wildman–Crippen LogP) is 2.72. The fraction of sp³-hybridized carbons (Fsp3) is 0.867. The summed E-state index contributed by atoms with van der Waals surface area (Å²) in [6, 6.07) is 0. The van der Waals surface area contributed by atoms with Gasteiger partial charge in [-0.3, -0.25) is 4.79 Å². The van der Waals surface area contributed by atoms with E-state index in [0.29, 0.717) is 25.6 Å². The monoisotopic (exact) mass is 318 g/mol. The molecule has 6 heteroatoms. The quantitative estimate of drug-likeness (QED) is 0.749. The molecule has 0 radical (unpaired) electrons. The van der Waals surface area contributed by atoms with Crippen molar-refractivity contribution in [1.29, 1.82) is 0 Å². The molecule has 0 aliphatic carbocycles. The van der Waals surface area contributed by atoms with Gasteiger partial charge in [0.2, 0.25) is 5.91 Å². The number of likely N-dealkylation sites (tertiary alicyclic amines) is 1. The van der Waals surface area contributed by atoms with Crippen molar-refractivity contribution in [2.45, 2.75) is 46.1 Å². The van der Waals surface area contributed by atoms with E-state index >= 15 is 0 Å². The van der Waals surface area contributed by atoms with Gasteiger partial charge in [0.15, 0.2) is 0 Å². The van der Waals surface area contributed by atoms with Gasteiger partial charge in [-0.25, -0.2) is 4.79 Å². The number of hydrogen-bond donors (Lipinski definition) is 0. The third kappa shape index (κ3) is 6.12. The molecule has 1 atom stereocenters. The van der Waals surface area contributed by atoms with Gasteiger partial charge in [-0.05, 0) is 46.5 Å². The third-order valence-electron chi connectivity index (χ3n) is 3.50. The second-order valence-electron chi connectivity index (χ2n) is 6.50. The topological polar surface area (TPSA) is 49.9 Å². The molecule has 1 fully saturated rings. The minimum Gasteiger partial charge on any atom is -0.444 e. The van der Waals surface area contributed by atoms with Gasteiger partial charge in [-0.15, -0.1) is 11.6 Å². The number of carbonyl (C=O) groups is 2. The molecule has 0 bridgehead atoms. The van der Waals surface area contributed by atoms with Gasteiger partial charge < -0.3 is 14.5 Å². The van der Waals surface area contributed by atoms with Crippen molar-refractivity contribution >= 4 is 23.6 Å². The van der Waals surface area contributed by atoms with E-state index in [2.05, 4.69) is 0 Å². The number of piperidine rings is 1. The molecule has 0 aromatic carbocycles. The van der Waals surface area contributed by atoms with E-state index in [4.69, 9.17) is 16.3 Å². The van der Waals surface area contributed by atoms with Gasteiger partial charge in [-0.2, -0.15) is 0 Å². The Morgan fingerprint density at radius 3 is 2.57 bits per heavy atom. The Hall–Kier alpha value is -0.970. The molecule has 1 rings (SSSR count). The molecule has 0 spiro atoms. The lowest BCUT2D eigenvalue weighted by atomic mass is 9.97.